The Morgan fingerprint density at radius 2 is 1.52 bits per heavy atom. The quantitative estimate of drug-likeness (QED) is 0.182. The summed E-state index contributed by atoms with van der Waals surface area (Å²) in [6.45, 7) is 16.2. The Balaban J connectivity index is 2.35. The van der Waals surface area contributed by atoms with Crippen molar-refractivity contribution in [2.45, 2.75) is 118 Å². The Hall–Kier alpha value is -3.37. The minimum atomic E-state index is -3.55. The second-order valence-electron chi connectivity index (χ2n) is 16.4. The zero-order valence-electron chi connectivity index (χ0n) is 32.4. The van der Waals surface area contributed by atoms with Crippen LogP contribution in [0.1, 0.15) is 86.8 Å². The summed E-state index contributed by atoms with van der Waals surface area (Å²) in [5, 5.41) is 21.3. The molecule has 5 N–H and O–H groups in total. The van der Waals surface area contributed by atoms with Crippen LogP contribution in [0.25, 0.3) is 0 Å². The van der Waals surface area contributed by atoms with Crippen molar-refractivity contribution in [2.24, 2.45) is 22.7 Å². The van der Waals surface area contributed by atoms with Crippen LogP contribution in [0.15, 0.2) is 30.3 Å². The van der Waals surface area contributed by atoms with Crippen molar-refractivity contribution in [2.75, 3.05) is 26.4 Å². The van der Waals surface area contributed by atoms with Crippen molar-refractivity contribution in [1.29, 1.82) is 0 Å². The Morgan fingerprint density at radius 3 is 2.00 bits per heavy atom. The Morgan fingerprint density at radius 1 is 0.942 bits per heavy atom. The minimum Gasteiger partial charge on any atom is -0.386 e. The molecule has 1 heterocycles. The van der Waals surface area contributed by atoms with Gasteiger partial charge >= 0.3 is 6.03 Å². The van der Waals surface area contributed by atoms with Gasteiger partial charge in [0.1, 0.15) is 18.1 Å². The molecule has 52 heavy (non-hydrogen) atoms. The number of halogens is 2. The van der Waals surface area contributed by atoms with Crippen LogP contribution < -0.4 is 21.3 Å². The van der Waals surface area contributed by atoms with E-state index in [0.29, 0.717) is 12.0 Å². The molecule has 1 aromatic carbocycles. The third-order valence-electron chi connectivity index (χ3n) is 9.63. The average molecular weight is 759 g/mol. The van der Waals surface area contributed by atoms with Gasteiger partial charge in [0.25, 0.3) is 0 Å². The lowest BCUT2D eigenvalue weighted by Crippen LogP contribution is -2.62. The summed E-state index contributed by atoms with van der Waals surface area (Å²) in [6.07, 6.45) is -3.60. The molecule has 1 saturated heterocycles. The van der Waals surface area contributed by atoms with E-state index in [-0.39, 0.29) is 24.9 Å². The maximum atomic E-state index is 14.3. The minimum absolute atomic E-state index is 0.0221. The van der Waals surface area contributed by atoms with E-state index in [4.69, 9.17) is 0 Å². The molecule has 0 aromatic heterocycles. The van der Waals surface area contributed by atoms with Crippen LogP contribution in [-0.2, 0) is 24.4 Å². The molecule has 1 fully saturated rings. The van der Waals surface area contributed by atoms with Crippen LogP contribution in [0.2, 0.25) is 0 Å². The standard InChI is InChI=1S/C36H60F2N6O7S/c1-21(2)24-17-18-44(33(48)30(36(7,8)9)42-34(49)41-26(35(4,5)6)20-43(10)52(11,50)51)28(24)32(47)40-25(19-27(37)38)31(46)39-22(3)29(45)23-15-13-12-14-16-23/h12-16,21-22,24-30,45H,17-20H2,1-11H3,(H,39,46)(H,40,47)(H2,41,42,49)/t22-,24+,25-,26+,28-,29-,30+/m0/s1. The molecule has 0 bridgehead atoms. The highest BCUT2D eigenvalue weighted by molar-refractivity contribution is 7.88. The summed E-state index contributed by atoms with van der Waals surface area (Å²) in [7, 11) is -2.14. The van der Waals surface area contributed by atoms with Gasteiger partial charge < -0.3 is 31.3 Å². The first-order valence-electron chi connectivity index (χ1n) is 17.7. The molecule has 13 nitrogen and oxygen atoms in total. The third-order valence-corrected chi connectivity index (χ3v) is 10.9. The molecule has 0 saturated carbocycles. The number of sulfonamides is 1. The molecular weight excluding hydrogens is 698 g/mol. The molecule has 16 heteroatoms. The number of amides is 5. The number of carbonyl (C=O) groups excluding carboxylic acids is 4. The summed E-state index contributed by atoms with van der Waals surface area (Å²) in [5.41, 5.74) is -0.922. The Kier molecular flexibility index (Phi) is 15.6. The van der Waals surface area contributed by atoms with Crippen molar-refractivity contribution in [3.8, 4) is 0 Å². The van der Waals surface area contributed by atoms with Crippen molar-refractivity contribution >= 4 is 33.8 Å². The van der Waals surface area contributed by atoms with Gasteiger partial charge in [0.15, 0.2) is 0 Å². The molecular formula is C36H60F2N6O7S. The SMILES string of the molecule is CC(C)[C@H]1CCN(C(=O)[C@@H](NC(=O)N[C@H](CN(C)S(C)(=O)=O)C(C)(C)C)C(C)(C)C)[C@@H]1C(=O)N[C@@H](CC(F)F)C(=O)N[C@@H](C)[C@H](O)c1ccccc1. The molecule has 1 aliphatic rings. The van der Waals surface area contributed by atoms with Crippen molar-refractivity contribution in [1.82, 2.24) is 30.5 Å². The number of rotatable bonds is 15. The number of hydrogen-bond acceptors (Lipinski definition) is 7. The highest BCUT2D eigenvalue weighted by Crippen LogP contribution is 2.34. The van der Waals surface area contributed by atoms with Gasteiger partial charge in [0.05, 0.1) is 18.4 Å². The zero-order valence-corrected chi connectivity index (χ0v) is 33.2. The normalized spacial score (nSPS) is 19.9. The van der Waals surface area contributed by atoms with E-state index in [1.807, 2.05) is 34.6 Å². The maximum Gasteiger partial charge on any atom is 0.315 e. The van der Waals surface area contributed by atoms with E-state index in [2.05, 4.69) is 21.3 Å². The van der Waals surface area contributed by atoms with Gasteiger partial charge in [0, 0.05) is 32.6 Å². The largest absolute Gasteiger partial charge is 0.386 e. The van der Waals surface area contributed by atoms with Gasteiger partial charge in [-0.15, -0.1) is 0 Å². The van der Waals surface area contributed by atoms with Gasteiger partial charge in [-0.3, -0.25) is 14.4 Å². The number of hydrogen-bond donors (Lipinski definition) is 5. The van der Waals surface area contributed by atoms with E-state index in [0.717, 1.165) is 10.6 Å². The van der Waals surface area contributed by atoms with Gasteiger partial charge in [-0.05, 0) is 41.6 Å². The number of benzene rings is 1. The topological polar surface area (TPSA) is 177 Å². The number of likely N-dealkylation sites (tertiary alicyclic amines) is 1. The molecule has 5 amide bonds. The molecule has 7 atom stereocenters. The summed E-state index contributed by atoms with van der Waals surface area (Å²) >= 11 is 0. The van der Waals surface area contributed by atoms with Crippen molar-refractivity contribution < 1.29 is 41.5 Å². The summed E-state index contributed by atoms with van der Waals surface area (Å²) < 4.78 is 52.9. The monoisotopic (exact) mass is 758 g/mol. The highest BCUT2D eigenvalue weighted by Gasteiger charge is 2.48. The number of nitrogens with one attached hydrogen (secondary N) is 4. The first-order valence-corrected chi connectivity index (χ1v) is 19.5. The zero-order chi connectivity index (χ0) is 39.9. The predicted octanol–water partition coefficient (Wildman–Crippen LogP) is 3.26. The summed E-state index contributed by atoms with van der Waals surface area (Å²) in [6, 6.07) is 2.32. The van der Waals surface area contributed by atoms with Crippen LogP contribution in [0.3, 0.4) is 0 Å². The smallest absolute Gasteiger partial charge is 0.315 e. The summed E-state index contributed by atoms with van der Waals surface area (Å²) in [5.74, 6) is -2.75. The lowest BCUT2D eigenvalue weighted by Gasteiger charge is -2.38. The van der Waals surface area contributed by atoms with E-state index >= 15 is 0 Å². The number of nitrogens with zero attached hydrogens (tertiary/aromatic N) is 2. The first kappa shape index (κ1) is 44.8. The molecule has 296 valence electrons. The fraction of sp³-hybridized carbons (Fsp3) is 0.722. The van der Waals surface area contributed by atoms with Crippen LogP contribution in [-0.4, -0.2) is 110 Å². The highest BCUT2D eigenvalue weighted by atomic mass is 32.2. The van der Waals surface area contributed by atoms with Crippen LogP contribution >= 0.6 is 0 Å². The number of carbonyl (C=O) groups is 4. The van der Waals surface area contributed by atoms with E-state index in [9.17, 15) is 41.5 Å². The number of urea groups is 1. The van der Waals surface area contributed by atoms with Crippen LogP contribution in [0, 0.1) is 22.7 Å². The molecule has 1 aliphatic heterocycles. The lowest BCUT2D eigenvalue weighted by molar-refractivity contribution is -0.144. The van der Waals surface area contributed by atoms with E-state index < -0.39 is 93.8 Å². The molecule has 2 rings (SSSR count). The number of alkyl halides is 2. The fourth-order valence-corrected chi connectivity index (χ4v) is 6.60. The number of aliphatic hydroxyl groups is 1. The first-order chi connectivity index (χ1) is 23.7. The van der Waals surface area contributed by atoms with Gasteiger partial charge in [-0.1, -0.05) is 85.7 Å². The number of aliphatic hydroxyl groups excluding tert-OH is 1. The van der Waals surface area contributed by atoms with Crippen molar-refractivity contribution in [3.63, 3.8) is 0 Å². The Labute approximate surface area is 308 Å². The molecule has 1 aromatic rings. The molecule has 0 radical (unpaired) electrons. The van der Waals surface area contributed by atoms with Gasteiger partial charge in [-0.25, -0.2) is 26.3 Å². The van der Waals surface area contributed by atoms with Crippen LogP contribution in [0.4, 0.5) is 13.6 Å². The van der Waals surface area contributed by atoms with Gasteiger partial charge in [-0.2, -0.15) is 0 Å². The fourth-order valence-electron chi connectivity index (χ4n) is 6.18. The lowest BCUT2D eigenvalue weighted by atomic mass is 9.84. The predicted molar refractivity (Wildman–Crippen MR) is 196 cm³/mol. The molecule has 0 spiro atoms. The molecule has 0 unspecified atom stereocenters. The van der Waals surface area contributed by atoms with Gasteiger partial charge in [0.2, 0.25) is 34.2 Å². The molecule has 0 aliphatic carbocycles. The van der Waals surface area contributed by atoms with Crippen molar-refractivity contribution in [3.05, 3.63) is 35.9 Å². The maximum absolute atomic E-state index is 14.3. The second-order valence-corrected chi connectivity index (χ2v) is 18.5. The van der Waals surface area contributed by atoms with E-state index in [1.54, 1.807) is 51.1 Å². The average Bonchev–Trinajstić information content (AvgIpc) is 3.47. The van der Waals surface area contributed by atoms with Crippen LogP contribution in [0.5, 0.6) is 0 Å². The summed E-state index contributed by atoms with van der Waals surface area (Å²) in [4.78, 5) is 56.5. The Bertz CT molecular complexity index is 1480. The number of likely N-dealkylation sites (N-methyl/N-ethyl adjacent to an activating group) is 1. The second kappa shape index (κ2) is 18.1. The van der Waals surface area contributed by atoms with E-state index in [1.165, 1.54) is 18.9 Å². The third kappa shape index (κ3) is 12.6.